The molecule has 1 aromatic rings. The third-order valence-corrected chi connectivity index (χ3v) is 2.52. The van der Waals surface area contributed by atoms with Crippen molar-refractivity contribution in [1.29, 1.82) is 5.26 Å². The summed E-state index contributed by atoms with van der Waals surface area (Å²) in [4.78, 5) is 0. The smallest absolute Gasteiger partial charge is 0.121 e. The molecule has 1 saturated carbocycles. The van der Waals surface area contributed by atoms with E-state index in [0.717, 1.165) is 5.56 Å². The van der Waals surface area contributed by atoms with Crippen molar-refractivity contribution in [2.75, 3.05) is 0 Å². The molecule has 0 aliphatic heterocycles. The topological polar surface area (TPSA) is 35.8 Å². The molecule has 2 nitrogen and oxygen atoms in total. The zero-order valence-electron chi connectivity index (χ0n) is 8.33. The maximum atomic E-state index is 9.01. The van der Waals surface area contributed by atoms with Crippen molar-refractivity contribution in [3.63, 3.8) is 0 Å². The normalized spacial score (nSPS) is 17.4. The molecule has 0 spiro atoms. The lowest BCUT2D eigenvalue weighted by molar-refractivity contribution is 0.626. The van der Waals surface area contributed by atoms with Crippen LogP contribution in [0.15, 0.2) is 24.3 Å². The van der Waals surface area contributed by atoms with E-state index in [9.17, 15) is 0 Å². The number of hydrogen-bond acceptors (Lipinski definition) is 2. The van der Waals surface area contributed by atoms with Crippen LogP contribution in [-0.2, 0) is 0 Å². The number of nitrogens with one attached hydrogen (secondary N) is 1. The van der Waals surface area contributed by atoms with Gasteiger partial charge in [0.1, 0.15) is 6.04 Å². The fourth-order valence-electron chi connectivity index (χ4n) is 1.45. The molecule has 0 heterocycles. The lowest BCUT2D eigenvalue weighted by atomic mass is 10.1. The second-order valence-corrected chi connectivity index (χ2v) is 3.91. The van der Waals surface area contributed by atoms with Crippen LogP contribution in [0.5, 0.6) is 0 Å². The first-order chi connectivity index (χ1) is 6.79. The van der Waals surface area contributed by atoms with Crippen molar-refractivity contribution < 1.29 is 0 Å². The molecule has 0 aromatic heterocycles. The SMILES string of the molecule is Cc1ccc(C(C#N)NC2CC2)cc1. The average Bonchev–Trinajstić information content (AvgIpc) is 3.00. The van der Waals surface area contributed by atoms with Crippen molar-refractivity contribution in [3.05, 3.63) is 35.4 Å². The van der Waals surface area contributed by atoms with Gasteiger partial charge >= 0.3 is 0 Å². The van der Waals surface area contributed by atoms with E-state index in [2.05, 4.69) is 18.3 Å². The zero-order chi connectivity index (χ0) is 9.97. The van der Waals surface area contributed by atoms with Gasteiger partial charge in [-0.2, -0.15) is 5.26 Å². The molecule has 1 aliphatic rings. The third-order valence-electron chi connectivity index (χ3n) is 2.52. The molecule has 14 heavy (non-hydrogen) atoms. The van der Waals surface area contributed by atoms with Gasteiger partial charge in [0.25, 0.3) is 0 Å². The second-order valence-electron chi connectivity index (χ2n) is 3.91. The minimum Gasteiger partial charge on any atom is -0.295 e. The summed E-state index contributed by atoms with van der Waals surface area (Å²) in [5, 5.41) is 12.3. The molecule has 1 atom stereocenters. The summed E-state index contributed by atoms with van der Waals surface area (Å²) in [6, 6.07) is 10.9. The highest BCUT2D eigenvalue weighted by atomic mass is 15.0. The largest absolute Gasteiger partial charge is 0.295 e. The molecule has 1 unspecified atom stereocenters. The van der Waals surface area contributed by atoms with E-state index >= 15 is 0 Å². The highest BCUT2D eigenvalue weighted by Gasteiger charge is 2.24. The maximum Gasteiger partial charge on any atom is 0.121 e. The Balaban J connectivity index is 2.10. The van der Waals surface area contributed by atoms with E-state index < -0.39 is 0 Å². The van der Waals surface area contributed by atoms with Crippen LogP contribution >= 0.6 is 0 Å². The van der Waals surface area contributed by atoms with Gasteiger partial charge in [-0.25, -0.2) is 0 Å². The molecule has 2 rings (SSSR count). The molecule has 1 fully saturated rings. The number of nitrogens with zero attached hydrogens (tertiary/aromatic N) is 1. The Labute approximate surface area is 84.6 Å². The first-order valence-electron chi connectivity index (χ1n) is 5.02. The van der Waals surface area contributed by atoms with E-state index in [1.165, 1.54) is 18.4 Å². The van der Waals surface area contributed by atoms with Crippen molar-refractivity contribution in [1.82, 2.24) is 5.32 Å². The molecular formula is C12H14N2. The van der Waals surface area contributed by atoms with Gasteiger partial charge < -0.3 is 0 Å². The Hall–Kier alpha value is -1.33. The Morgan fingerprint density at radius 1 is 1.36 bits per heavy atom. The van der Waals surface area contributed by atoms with E-state index in [1.54, 1.807) is 0 Å². The molecule has 0 bridgehead atoms. The predicted octanol–water partition coefficient (Wildman–Crippen LogP) is 2.31. The summed E-state index contributed by atoms with van der Waals surface area (Å²) in [7, 11) is 0. The van der Waals surface area contributed by atoms with Crippen molar-refractivity contribution in [2.45, 2.75) is 31.8 Å². The highest BCUT2D eigenvalue weighted by molar-refractivity contribution is 5.27. The van der Waals surface area contributed by atoms with Crippen LogP contribution in [0.3, 0.4) is 0 Å². The van der Waals surface area contributed by atoms with Gasteiger partial charge in [0.15, 0.2) is 0 Å². The van der Waals surface area contributed by atoms with Crippen molar-refractivity contribution in [3.8, 4) is 6.07 Å². The van der Waals surface area contributed by atoms with Crippen molar-refractivity contribution >= 4 is 0 Å². The first kappa shape index (κ1) is 9.23. The van der Waals surface area contributed by atoms with Crippen LogP contribution in [0.1, 0.15) is 30.0 Å². The third kappa shape index (κ3) is 2.12. The molecule has 72 valence electrons. The zero-order valence-corrected chi connectivity index (χ0v) is 8.33. The van der Waals surface area contributed by atoms with E-state index in [-0.39, 0.29) is 6.04 Å². The van der Waals surface area contributed by atoms with E-state index in [0.29, 0.717) is 6.04 Å². The van der Waals surface area contributed by atoms with Gasteiger partial charge in [-0.1, -0.05) is 29.8 Å². The molecule has 1 N–H and O–H groups in total. The van der Waals surface area contributed by atoms with Gasteiger partial charge in [0, 0.05) is 6.04 Å². The van der Waals surface area contributed by atoms with Crippen LogP contribution in [0.25, 0.3) is 0 Å². The first-order valence-corrected chi connectivity index (χ1v) is 5.02. The summed E-state index contributed by atoms with van der Waals surface area (Å²) >= 11 is 0. The number of aryl methyl sites for hydroxylation is 1. The van der Waals surface area contributed by atoms with Crippen LogP contribution < -0.4 is 5.32 Å². The average molecular weight is 186 g/mol. The van der Waals surface area contributed by atoms with Gasteiger partial charge in [-0.3, -0.25) is 5.32 Å². The maximum absolute atomic E-state index is 9.01. The van der Waals surface area contributed by atoms with Gasteiger partial charge in [-0.15, -0.1) is 0 Å². The lowest BCUT2D eigenvalue weighted by Gasteiger charge is -2.10. The molecule has 1 aliphatic carbocycles. The fourth-order valence-corrected chi connectivity index (χ4v) is 1.45. The summed E-state index contributed by atoms with van der Waals surface area (Å²) in [5.74, 6) is 0. The molecule has 0 amide bonds. The van der Waals surface area contributed by atoms with E-state index in [4.69, 9.17) is 5.26 Å². The number of nitriles is 1. The summed E-state index contributed by atoms with van der Waals surface area (Å²) in [5.41, 5.74) is 2.31. The molecule has 0 radical (unpaired) electrons. The Morgan fingerprint density at radius 2 is 2.00 bits per heavy atom. The second kappa shape index (κ2) is 3.81. The molecule has 0 saturated heterocycles. The number of rotatable bonds is 3. The summed E-state index contributed by atoms with van der Waals surface area (Å²) in [6.07, 6.45) is 2.42. The minimum atomic E-state index is -0.136. The van der Waals surface area contributed by atoms with Gasteiger partial charge in [0.05, 0.1) is 6.07 Å². The van der Waals surface area contributed by atoms with Gasteiger partial charge in [0.2, 0.25) is 0 Å². The van der Waals surface area contributed by atoms with Crippen LogP contribution in [0, 0.1) is 18.3 Å². The van der Waals surface area contributed by atoms with Gasteiger partial charge in [-0.05, 0) is 25.3 Å². The lowest BCUT2D eigenvalue weighted by Crippen LogP contribution is -2.21. The predicted molar refractivity (Wildman–Crippen MR) is 55.7 cm³/mol. The standard InChI is InChI=1S/C12H14N2/c1-9-2-4-10(5-3-9)12(8-13)14-11-6-7-11/h2-5,11-12,14H,6-7H2,1H3. The van der Waals surface area contributed by atoms with E-state index in [1.807, 2.05) is 24.3 Å². The summed E-state index contributed by atoms with van der Waals surface area (Å²) < 4.78 is 0. The van der Waals surface area contributed by atoms with Crippen molar-refractivity contribution in [2.24, 2.45) is 0 Å². The molecule has 2 heteroatoms. The monoisotopic (exact) mass is 186 g/mol. The fraction of sp³-hybridized carbons (Fsp3) is 0.417. The summed E-state index contributed by atoms with van der Waals surface area (Å²) in [6.45, 7) is 2.06. The van der Waals surface area contributed by atoms with Crippen LogP contribution in [0.2, 0.25) is 0 Å². The Morgan fingerprint density at radius 3 is 2.50 bits per heavy atom. The van der Waals surface area contributed by atoms with Crippen LogP contribution in [-0.4, -0.2) is 6.04 Å². The van der Waals surface area contributed by atoms with Crippen LogP contribution in [0.4, 0.5) is 0 Å². The quantitative estimate of drug-likeness (QED) is 0.786. The highest BCUT2D eigenvalue weighted by Crippen LogP contribution is 2.23. The number of hydrogen-bond donors (Lipinski definition) is 1. The number of benzene rings is 1. The Bertz CT molecular complexity index is 344. The molecular weight excluding hydrogens is 172 g/mol. The molecule has 1 aromatic carbocycles. The Kier molecular flexibility index (Phi) is 2.51. The minimum absolute atomic E-state index is 0.136.